The zero-order valence-electron chi connectivity index (χ0n) is 33.8. The molecule has 6 aromatic rings. The van der Waals surface area contributed by atoms with Crippen LogP contribution in [0.5, 0.6) is 17.2 Å². The lowest BCUT2D eigenvalue weighted by Gasteiger charge is -2.28. The molecule has 0 atom stereocenters. The Hall–Kier alpha value is -4.07. The van der Waals surface area contributed by atoms with E-state index in [4.69, 9.17) is 13.6 Å². The highest BCUT2D eigenvalue weighted by atomic mass is 31.2. The van der Waals surface area contributed by atoms with E-state index in [0.717, 1.165) is 38.8 Å². The van der Waals surface area contributed by atoms with Crippen molar-refractivity contribution in [2.75, 3.05) is 0 Å². The largest absolute Gasteiger partial charge is 0.530 e. The lowest BCUT2D eigenvalue weighted by molar-refractivity contribution is 0.378. The second-order valence-corrected chi connectivity index (χ2v) is 19.8. The van der Waals surface area contributed by atoms with Crippen molar-refractivity contribution < 1.29 is 13.6 Å². The van der Waals surface area contributed by atoms with Gasteiger partial charge >= 0.3 is 8.60 Å². The first kappa shape index (κ1) is 37.7. The Morgan fingerprint density at radius 2 is 0.750 bits per heavy atom. The maximum atomic E-state index is 7.00. The maximum absolute atomic E-state index is 7.00. The van der Waals surface area contributed by atoms with Crippen LogP contribution in [0.3, 0.4) is 0 Å². The summed E-state index contributed by atoms with van der Waals surface area (Å²) >= 11 is 0. The molecule has 6 aromatic carbocycles. The van der Waals surface area contributed by atoms with Crippen molar-refractivity contribution in [1.29, 1.82) is 0 Å². The molecule has 0 aliphatic heterocycles. The minimum absolute atomic E-state index is 0.0529. The van der Waals surface area contributed by atoms with Gasteiger partial charge in [-0.05, 0) is 126 Å². The summed E-state index contributed by atoms with van der Waals surface area (Å²) in [6.45, 7) is 31.3. The maximum Gasteiger partial charge on any atom is 0.530 e. The minimum atomic E-state index is -1.95. The van der Waals surface area contributed by atoms with E-state index in [1.165, 1.54) is 38.4 Å². The summed E-state index contributed by atoms with van der Waals surface area (Å²) in [5, 5.41) is 6.96. The molecule has 4 heteroatoms. The molecule has 0 unspecified atom stereocenters. The van der Waals surface area contributed by atoms with Gasteiger partial charge in [0.2, 0.25) is 0 Å². The molecule has 0 amide bonds. The van der Waals surface area contributed by atoms with Crippen LogP contribution in [0.2, 0.25) is 0 Å². The predicted molar refractivity (Wildman–Crippen MR) is 225 cm³/mol. The highest BCUT2D eigenvalue weighted by Crippen LogP contribution is 2.49. The predicted octanol–water partition coefficient (Wildman–Crippen LogP) is 14.7. The summed E-state index contributed by atoms with van der Waals surface area (Å²) in [5.74, 6) is 2.26. The van der Waals surface area contributed by atoms with E-state index in [0.29, 0.717) is 5.75 Å². The fraction of sp³-hybridized carbons (Fsp3) is 0.375. The minimum Gasteiger partial charge on any atom is -0.408 e. The third kappa shape index (κ3) is 8.11. The number of hydrogen-bond acceptors (Lipinski definition) is 3. The van der Waals surface area contributed by atoms with Gasteiger partial charge in [-0.15, -0.1) is 0 Å². The fourth-order valence-electron chi connectivity index (χ4n) is 6.67. The zero-order valence-corrected chi connectivity index (χ0v) is 34.7. The van der Waals surface area contributed by atoms with E-state index in [-0.39, 0.29) is 21.7 Å². The summed E-state index contributed by atoms with van der Waals surface area (Å²) in [6.07, 6.45) is 0. The van der Waals surface area contributed by atoms with Crippen LogP contribution in [0, 0.1) is 13.8 Å². The van der Waals surface area contributed by atoms with Gasteiger partial charge in [0.1, 0.15) is 17.2 Å². The Bertz CT molecular complexity index is 2170. The molecule has 272 valence electrons. The third-order valence-electron chi connectivity index (χ3n) is 10.2. The Morgan fingerprint density at radius 3 is 1.17 bits per heavy atom. The number of hydrogen-bond donors (Lipinski definition) is 0. The quantitative estimate of drug-likeness (QED) is 0.161. The number of fused-ring (bicyclic) bond motifs is 3. The lowest BCUT2D eigenvalue weighted by atomic mass is 9.83. The second kappa shape index (κ2) is 13.4. The van der Waals surface area contributed by atoms with Crippen LogP contribution in [0.25, 0.3) is 32.3 Å². The van der Waals surface area contributed by atoms with E-state index in [1.54, 1.807) is 0 Å². The first-order valence-corrected chi connectivity index (χ1v) is 19.7. The number of aryl methyl sites for hydroxylation is 2. The summed E-state index contributed by atoms with van der Waals surface area (Å²) in [5.41, 5.74) is 7.09. The first-order chi connectivity index (χ1) is 24.1. The molecular weight excluding hydrogens is 655 g/mol. The zero-order chi connectivity index (χ0) is 38.0. The molecule has 6 rings (SSSR count). The molecule has 0 saturated carbocycles. The van der Waals surface area contributed by atoms with Gasteiger partial charge < -0.3 is 13.6 Å². The van der Waals surface area contributed by atoms with Crippen molar-refractivity contribution in [2.45, 2.75) is 119 Å². The van der Waals surface area contributed by atoms with Crippen LogP contribution < -0.4 is 13.6 Å². The van der Waals surface area contributed by atoms with E-state index < -0.39 is 8.60 Å². The van der Waals surface area contributed by atoms with Gasteiger partial charge in [-0.25, -0.2) is 0 Å². The smallest absolute Gasteiger partial charge is 0.408 e. The standard InChI is InChI=1S/C48H57O3P/c1-30-21-32-17-20-40(25-35(32)22-31(30)2)49-52(50-43-28-33-15-18-38(45(3,4)5)23-36(33)26-41(43)47(9,10)11)51-44-29-34-16-19-39(46(6,7)8)24-37(34)27-42(44)48(12,13)14/h15-29H,1-14H3. The lowest BCUT2D eigenvalue weighted by Crippen LogP contribution is -2.16. The molecule has 0 fully saturated rings. The molecule has 0 N–H and O–H groups in total. The molecule has 3 nitrogen and oxygen atoms in total. The van der Waals surface area contributed by atoms with Crippen LogP contribution in [0.15, 0.2) is 91.0 Å². The summed E-state index contributed by atoms with van der Waals surface area (Å²) in [7, 11) is -1.95. The van der Waals surface area contributed by atoms with Crippen LogP contribution in [-0.4, -0.2) is 0 Å². The average Bonchev–Trinajstić information content (AvgIpc) is 3.02. The summed E-state index contributed by atoms with van der Waals surface area (Å²) in [6, 6.07) is 33.1. The van der Waals surface area contributed by atoms with E-state index >= 15 is 0 Å². The monoisotopic (exact) mass is 712 g/mol. The van der Waals surface area contributed by atoms with Gasteiger partial charge in [0.25, 0.3) is 0 Å². The number of rotatable bonds is 6. The van der Waals surface area contributed by atoms with Crippen LogP contribution in [0.4, 0.5) is 0 Å². The molecule has 0 spiro atoms. The van der Waals surface area contributed by atoms with Gasteiger partial charge in [0.05, 0.1) is 0 Å². The molecule has 0 aromatic heterocycles. The van der Waals surface area contributed by atoms with Gasteiger partial charge in [-0.3, -0.25) is 0 Å². The van der Waals surface area contributed by atoms with Crippen molar-refractivity contribution in [1.82, 2.24) is 0 Å². The molecule has 0 saturated heterocycles. The van der Waals surface area contributed by atoms with Crippen molar-refractivity contribution in [3.05, 3.63) is 124 Å². The molecule has 0 bridgehead atoms. The molecule has 0 aliphatic rings. The van der Waals surface area contributed by atoms with Crippen LogP contribution in [0.1, 0.15) is 116 Å². The molecule has 0 aliphatic carbocycles. The van der Waals surface area contributed by atoms with Crippen molar-refractivity contribution in [3.8, 4) is 17.2 Å². The van der Waals surface area contributed by atoms with Crippen LogP contribution >= 0.6 is 8.60 Å². The summed E-state index contributed by atoms with van der Waals surface area (Å²) < 4.78 is 20.8. The van der Waals surface area contributed by atoms with E-state index in [9.17, 15) is 0 Å². The number of benzene rings is 6. The second-order valence-electron chi connectivity index (χ2n) is 18.8. The molecule has 0 heterocycles. The van der Waals surface area contributed by atoms with E-state index in [2.05, 4.69) is 182 Å². The Morgan fingerprint density at radius 1 is 0.365 bits per heavy atom. The fourth-order valence-corrected chi connectivity index (χ4v) is 7.69. The van der Waals surface area contributed by atoms with Gasteiger partial charge in [-0.1, -0.05) is 138 Å². The molecular formula is C48H57O3P. The third-order valence-corrected chi connectivity index (χ3v) is 11.2. The highest BCUT2D eigenvalue weighted by molar-refractivity contribution is 7.43. The Kier molecular flexibility index (Phi) is 9.72. The van der Waals surface area contributed by atoms with Gasteiger partial charge in [0, 0.05) is 11.1 Å². The van der Waals surface area contributed by atoms with Crippen molar-refractivity contribution >= 4 is 40.9 Å². The normalized spacial score (nSPS) is 13.0. The molecule has 52 heavy (non-hydrogen) atoms. The van der Waals surface area contributed by atoms with Crippen molar-refractivity contribution in [2.24, 2.45) is 0 Å². The Balaban J connectivity index is 1.49. The molecule has 0 radical (unpaired) electrons. The van der Waals surface area contributed by atoms with Gasteiger partial charge in [0.15, 0.2) is 0 Å². The van der Waals surface area contributed by atoms with Crippen LogP contribution in [-0.2, 0) is 21.7 Å². The SMILES string of the molecule is Cc1cc2ccc(OP(Oc3cc4ccc(C(C)(C)C)cc4cc3C(C)(C)C)Oc3cc4ccc(C(C)(C)C)cc4cc3C(C)(C)C)cc2cc1C. The van der Waals surface area contributed by atoms with Crippen molar-refractivity contribution in [3.63, 3.8) is 0 Å². The van der Waals surface area contributed by atoms with Gasteiger partial charge in [-0.2, -0.15) is 0 Å². The highest BCUT2D eigenvalue weighted by Gasteiger charge is 2.30. The average molecular weight is 713 g/mol. The summed E-state index contributed by atoms with van der Waals surface area (Å²) in [4.78, 5) is 0. The van der Waals surface area contributed by atoms with E-state index in [1.807, 2.05) is 6.07 Å². The Labute approximate surface area is 313 Å². The first-order valence-electron chi connectivity index (χ1n) is 18.6. The topological polar surface area (TPSA) is 27.7 Å².